The van der Waals surface area contributed by atoms with E-state index in [1.807, 2.05) is 24.3 Å². The Labute approximate surface area is 103 Å². The summed E-state index contributed by atoms with van der Waals surface area (Å²) in [6.07, 6.45) is 0.456. The van der Waals surface area contributed by atoms with Crippen molar-refractivity contribution in [1.29, 1.82) is 0 Å². The van der Waals surface area contributed by atoms with Gasteiger partial charge in [0.2, 0.25) is 0 Å². The van der Waals surface area contributed by atoms with Gasteiger partial charge in [-0.15, -0.1) is 0 Å². The number of hydrogen-bond acceptors (Lipinski definition) is 2. The molecule has 17 heavy (non-hydrogen) atoms. The summed E-state index contributed by atoms with van der Waals surface area (Å²) in [5.74, 6) is 1.48. The van der Waals surface area contributed by atoms with Crippen molar-refractivity contribution >= 4 is 0 Å². The molecule has 1 aromatic rings. The Balaban J connectivity index is 2.29. The van der Waals surface area contributed by atoms with Gasteiger partial charge in [0.15, 0.2) is 0 Å². The number of ether oxygens (including phenoxy) is 1. The molecule has 1 aromatic carbocycles. The van der Waals surface area contributed by atoms with Crippen LogP contribution in [0.25, 0.3) is 0 Å². The first kappa shape index (κ1) is 14.0. The first-order valence-corrected chi connectivity index (χ1v) is 6.21. The van der Waals surface area contributed by atoms with Crippen molar-refractivity contribution in [3.63, 3.8) is 0 Å². The van der Waals surface area contributed by atoms with Gasteiger partial charge in [0, 0.05) is 13.0 Å². The summed E-state index contributed by atoms with van der Waals surface area (Å²) >= 11 is 0. The molecule has 1 N–H and O–H groups in total. The molecule has 0 heterocycles. The van der Waals surface area contributed by atoms with Gasteiger partial charge in [-0.2, -0.15) is 0 Å². The Hall–Kier alpha value is -1.09. The summed E-state index contributed by atoms with van der Waals surface area (Å²) in [5, 5.41) is 3.38. The predicted octanol–water partition coefficient (Wildman–Crippen LogP) is 3.17. The van der Waals surface area contributed by atoms with Gasteiger partial charge in [0.05, 0.1) is 13.3 Å². The maximum Gasteiger partial charge on any atom is 0.119 e. The Morgan fingerprint density at radius 3 is 2.53 bits per heavy atom. The quantitative estimate of drug-likeness (QED) is 0.704. The molecule has 0 aliphatic carbocycles. The standard InChI is InChI=1S/C14H22FNO/c1-12(2)10-16-11-13-4-6-14(7-5-13)17-9-3-8-15/h4-7,12,16H,3,8-11H2,1-2H3. The Kier molecular flexibility index (Phi) is 6.63. The molecular weight excluding hydrogens is 217 g/mol. The van der Waals surface area contributed by atoms with E-state index in [4.69, 9.17) is 4.74 Å². The van der Waals surface area contributed by atoms with Crippen LogP contribution in [0.4, 0.5) is 4.39 Å². The molecule has 1 rings (SSSR count). The minimum atomic E-state index is -0.322. The van der Waals surface area contributed by atoms with Crippen molar-refractivity contribution < 1.29 is 9.13 Å². The molecule has 0 amide bonds. The van der Waals surface area contributed by atoms with E-state index in [0.717, 1.165) is 18.8 Å². The average molecular weight is 239 g/mol. The van der Waals surface area contributed by atoms with Crippen LogP contribution in [-0.2, 0) is 6.54 Å². The van der Waals surface area contributed by atoms with Crippen LogP contribution in [-0.4, -0.2) is 19.8 Å². The maximum absolute atomic E-state index is 11.9. The van der Waals surface area contributed by atoms with Gasteiger partial charge in [-0.3, -0.25) is 4.39 Å². The number of rotatable bonds is 8. The van der Waals surface area contributed by atoms with Crippen LogP contribution >= 0.6 is 0 Å². The second kappa shape index (κ2) is 8.07. The van der Waals surface area contributed by atoms with Crippen LogP contribution in [0.2, 0.25) is 0 Å². The van der Waals surface area contributed by atoms with E-state index < -0.39 is 0 Å². The summed E-state index contributed by atoms with van der Waals surface area (Å²) in [6.45, 7) is 6.40. The SMILES string of the molecule is CC(C)CNCc1ccc(OCCCF)cc1. The largest absolute Gasteiger partial charge is 0.494 e. The highest BCUT2D eigenvalue weighted by Crippen LogP contribution is 2.12. The van der Waals surface area contributed by atoms with Crippen LogP contribution in [0, 0.1) is 5.92 Å². The molecule has 0 bridgehead atoms. The molecule has 2 nitrogen and oxygen atoms in total. The van der Waals surface area contributed by atoms with E-state index in [1.54, 1.807) is 0 Å². The Bertz CT molecular complexity index is 298. The molecule has 0 aliphatic heterocycles. The van der Waals surface area contributed by atoms with Crippen molar-refractivity contribution in [2.45, 2.75) is 26.8 Å². The van der Waals surface area contributed by atoms with Crippen LogP contribution in [0.3, 0.4) is 0 Å². The molecule has 0 atom stereocenters. The molecule has 0 aromatic heterocycles. The van der Waals surface area contributed by atoms with E-state index in [1.165, 1.54) is 5.56 Å². The summed E-state index contributed by atoms with van der Waals surface area (Å²) in [6, 6.07) is 7.95. The monoisotopic (exact) mass is 239 g/mol. The molecule has 0 fully saturated rings. The number of hydrogen-bond donors (Lipinski definition) is 1. The number of alkyl halides is 1. The van der Waals surface area contributed by atoms with E-state index >= 15 is 0 Å². The third-order valence-corrected chi connectivity index (χ3v) is 2.35. The summed E-state index contributed by atoms with van der Waals surface area (Å²) in [4.78, 5) is 0. The average Bonchev–Trinajstić information content (AvgIpc) is 2.31. The molecule has 0 saturated carbocycles. The number of halogens is 1. The highest BCUT2D eigenvalue weighted by Gasteiger charge is 1.97. The van der Waals surface area contributed by atoms with Crippen LogP contribution in [0.15, 0.2) is 24.3 Å². The molecule has 0 unspecified atom stereocenters. The van der Waals surface area contributed by atoms with Crippen LogP contribution in [0.1, 0.15) is 25.8 Å². The first-order chi connectivity index (χ1) is 8.22. The zero-order valence-electron chi connectivity index (χ0n) is 10.7. The van der Waals surface area contributed by atoms with E-state index in [-0.39, 0.29) is 6.67 Å². The lowest BCUT2D eigenvalue weighted by molar-refractivity contribution is 0.289. The van der Waals surface area contributed by atoms with Gasteiger partial charge in [-0.25, -0.2) is 0 Å². The molecule has 96 valence electrons. The smallest absolute Gasteiger partial charge is 0.119 e. The third kappa shape index (κ3) is 6.27. The van der Waals surface area contributed by atoms with Crippen molar-refractivity contribution in [2.75, 3.05) is 19.8 Å². The highest BCUT2D eigenvalue weighted by atomic mass is 19.1. The predicted molar refractivity (Wildman–Crippen MR) is 69.1 cm³/mol. The zero-order valence-corrected chi connectivity index (χ0v) is 10.7. The van der Waals surface area contributed by atoms with Crippen molar-refractivity contribution in [1.82, 2.24) is 5.32 Å². The molecule has 0 saturated heterocycles. The van der Waals surface area contributed by atoms with Gasteiger partial charge in [-0.05, 0) is 30.2 Å². The minimum Gasteiger partial charge on any atom is -0.494 e. The van der Waals surface area contributed by atoms with Crippen molar-refractivity contribution in [3.8, 4) is 5.75 Å². The number of benzene rings is 1. The fraction of sp³-hybridized carbons (Fsp3) is 0.571. The lowest BCUT2D eigenvalue weighted by Gasteiger charge is -2.08. The molecule has 0 radical (unpaired) electrons. The summed E-state index contributed by atoms with van der Waals surface area (Å²) < 4.78 is 17.3. The Morgan fingerprint density at radius 2 is 1.94 bits per heavy atom. The lowest BCUT2D eigenvalue weighted by Crippen LogP contribution is -2.18. The molecule has 0 aliphatic rings. The van der Waals surface area contributed by atoms with Gasteiger partial charge in [0.1, 0.15) is 5.75 Å². The van der Waals surface area contributed by atoms with E-state index in [9.17, 15) is 4.39 Å². The van der Waals surface area contributed by atoms with Gasteiger partial charge < -0.3 is 10.1 Å². The van der Waals surface area contributed by atoms with Gasteiger partial charge in [0.25, 0.3) is 0 Å². The van der Waals surface area contributed by atoms with E-state index in [2.05, 4.69) is 19.2 Å². The summed E-state index contributed by atoms with van der Waals surface area (Å²) in [7, 11) is 0. The third-order valence-electron chi connectivity index (χ3n) is 2.35. The summed E-state index contributed by atoms with van der Waals surface area (Å²) in [5.41, 5.74) is 1.24. The zero-order chi connectivity index (χ0) is 12.5. The fourth-order valence-electron chi connectivity index (χ4n) is 1.45. The molecule has 0 spiro atoms. The fourth-order valence-corrected chi connectivity index (χ4v) is 1.45. The van der Waals surface area contributed by atoms with Crippen molar-refractivity contribution in [3.05, 3.63) is 29.8 Å². The number of nitrogens with one attached hydrogen (secondary N) is 1. The minimum absolute atomic E-state index is 0.322. The van der Waals surface area contributed by atoms with E-state index in [0.29, 0.717) is 18.9 Å². The second-order valence-corrected chi connectivity index (χ2v) is 4.56. The Morgan fingerprint density at radius 1 is 1.24 bits per heavy atom. The second-order valence-electron chi connectivity index (χ2n) is 4.56. The van der Waals surface area contributed by atoms with Gasteiger partial charge in [-0.1, -0.05) is 26.0 Å². The van der Waals surface area contributed by atoms with Crippen molar-refractivity contribution in [2.24, 2.45) is 5.92 Å². The van der Waals surface area contributed by atoms with Gasteiger partial charge >= 0.3 is 0 Å². The van der Waals surface area contributed by atoms with Crippen LogP contribution in [0.5, 0.6) is 5.75 Å². The first-order valence-electron chi connectivity index (χ1n) is 6.21. The molecule has 3 heteroatoms. The van der Waals surface area contributed by atoms with Crippen LogP contribution < -0.4 is 10.1 Å². The lowest BCUT2D eigenvalue weighted by atomic mass is 10.2. The highest BCUT2D eigenvalue weighted by molar-refractivity contribution is 5.27. The normalized spacial score (nSPS) is 10.8. The maximum atomic E-state index is 11.9. The molecular formula is C14H22FNO. The topological polar surface area (TPSA) is 21.3 Å².